The number of nitrogens with one attached hydrogen (secondary N) is 2. The van der Waals surface area contributed by atoms with Gasteiger partial charge in [0, 0.05) is 12.2 Å². The highest BCUT2D eigenvalue weighted by molar-refractivity contribution is 5.80. The molecule has 3 N–H and O–H groups in total. The minimum absolute atomic E-state index is 0.0543. The van der Waals surface area contributed by atoms with Crippen molar-refractivity contribution in [2.24, 2.45) is 5.92 Å². The van der Waals surface area contributed by atoms with Crippen LogP contribution in [0.5, 0.6) is 0 Å². The van der Waals surface area contributed by atoms with Crippen molar-refractivity contribution in [3.8, 4) is 0 Å². The predicted molar refractivity (Wildman–Crippen MR) is 98.1 cm³/mol. The summed E-state index contributed by atoms with van der Waals surface area (Å²) < 4.78 is 0. The third-order valence-corrected chi connectivity index (χ3v) is 3.74. The van der Waals surface area contributed by atoms with Crippen molar-refractivity contribution in [3.63, 3.8) is 0 Å². The van der Waals surface area contributed by atoms with Gasteiger partial charge in [-0.15, -0.1) is 0 Å². The fourth-order valence-electron chi connectivity index (χ4n) is 2.53. The average molecular weight is 366 g/mol. The fraction of sp³-hybridized carbons (Fsp3) is 0.647. The Labute approximate surface area is 154 Å². The van der Waals surface area contributed by atoms with Crippen molar-refractivity contribution in [1.29, 1.82) is 0 Å². The molecule has 0 aliphatic heterocycles. The first-order valence-electron chi connectivity index (χ1n) is 8.81. The molecule has 0 fully saturated rings. The Kier molecular flexibility index (Phi) is 9.53. The van der Waals surface area contributed by atoms with Gasteiger partial charge in [-0.2, -0.15) is 0 Å². The smallest absolute Gasteiger partial charge is 0.243 e. The van der Waals surface area contributed by atoms with Crippen molar-refractivity contribution in [3.05, 3.63) is 17.5 Å². The molecule has 0 bridgehead atoms. The van der Waals surface area contributed by atoms with E-state index in [9.17, 15) is 14.8 Å². The Bertz CT molecular complexity index is 582. The average Bonchev–Trinajstić information content (AvgIpc) is 2.57. The molecule has 1 heterocycles. The minimum Gasteiger partial charge on any atom is -0.304 e. The number of aryl methyl sites for hydroxylation is 1. The van der Waals surface area contributed by atoms with Gasteiger partial charge in [0.15, 0.2) is 0 Å². The molecule has 9 heteroatoms. The summed E-state index contributed by atoms with van der Waals surface area (Å²) in [5, 5.41) is 9.91. The molecule has 0 saturated heterocycles. The second kappa shape index (κ2) is 11.4. The van der Waals surface area contributed by atoms with E-state index in [1.165, 1.54) is 0 Å². The first kappa shape index (κ1) is 21.8. The lowest BCUT2D eigenvalue weighted by atomic mass is 10.0. The molecular formula is C17H30N6O3. The van der Waals surface area contributed by atoms with Crippen molar-refractivity contribution in [2.75, 3.05) is 26.1 Å². The van der Waals surface area contributed by atoms with Gasteiger partial charge in [0.05, 0.1) is 18.2 Å². The van der Waals surface area contributed by atoms with Crippen LogP contribution in [0.15, 0.2) is 6.07 Å². The van der Waals surface area contributed by atoms with Crippen LogP contribution in [0, 0.1) is 12.8 Å². The number of rotatable bonds is 12. The second-order valence-electron chi connectivity index (χ2n) is 6.60. The number of hydroxylamine groups is 2. The highest BCUT2D eigenvalue weighted by Crippen LogP contribution is 2.12. The standard InChI is InChI=1S/C17H30N6O3/c1-5-6-7-8-14(10-23(26)12-24)16(25)20-21-17-18-13(2)9-15(19-17)11-22(3)4/h9,12,14,26H,5-8,10-11H2,1-4H3,(H,20,25)(H,18,19,21)/t14-/m0/s1. The highest BCUT2D eigenvalue weighted by Gasteiger charge is 2.20. The van der Waals surface area contributed by atoms with Crippen LogP contribution in [0.4, 0.5) is 5.95 Å². The first-order chi connectivity index (χ1) is 12.3. The summed E-state index contributed by atoms with van der Waals surface area (Å²) in [6.45, 7) is 4.53. The lowest BCUT2D eigenvalue weighted by molar-refractivity contribution is -0.154. The molecule has 26 heavy (non-hydrogen) atoms. The Morgan fingerprint density at radius 1 is 1.35 bits per heavy atom. The molecular weight excluding hydrogens is 336 g/mol. The van der Waals surface area contributed by atoms with Crippen LogP contribution in [0.1, 0.15) is 44.0 Å². The van der Waals surface area contributed by atoms with Crippen LogP contribution in [-0.4, -0.2) is 58.1 Å². The molecule has 1 atom stereocenters. The zero-order valence-corrected chi connectivity index (χ0v) is 16.0. The number of hydrogen-bond acceptors (Lipinski definition) is 7. The van der Waals surface area contributed by atoms with E-state index in [1.807, 2.05) is 32.0 Å². The summed E-state index contributed by atoms with van der Waals surface area (Å²) in [7, 11) is 3.89. The Morgan fingerprint density at radius 2 is 2.08 bits per heavy atom. The number of hydrogen-bond donors (Lipinski definition) is 3. The highest BCUT2D eigenvalue weighted by atomic mass is 16.5. The lowest BCUT2D eigenvalue weighted by Crippen LogP contribution is -2.40. The zero-order chi connectivity index (χ0) is 19.5. The van der Waals surface area contributed by atoms with Crippen LogP contribution in [0.3, 0.4) is 0 Å². The van der Waals surface area contributed by atoms with Gasteiger partial charge in [-0.05, 0) is 33.5 Å². The van der Waals surface area contributed by atoms with Gasteiger partial charge < -0.3 is 4.90 Å². The van der Waals surface area contributed by atoms with Crippen molar-refractivity contribution in [1.82, 2.24) is 25.4 Å². The number of anilines is 1. The zero-order valence-electron chi connectivity index (χ0n) is 16.0. The molecule has 0 aliphatic rings. The number of hydrazine groups is 1. The molecule has 0 aliphatic carbocycles. The normalized spacial score (nSPS) is 11.9. The van der Waals surface area contributed by atoms with E-state index >= 15 is 0 Å². The summed E-state index contributed by atoms with van der Waals surface area (Å²) in [5.41, 5.74) is 6.94. The third-order valence-electron chi connectivity index (χ3n) is 3.74. The lowest BCUT2D eigenvalue weighted by Gasteiger charge is -2.20. The number of carbonyl (C=O) groups is 2. The number of amides is 2. The summed E-state index contributed by atoms with van der Waals surface area (Å²) >= 11 is 0. The topological polar surface area (TPSA) is 111 Å². The van der Waals surface area contributed by atoms with E-state index in [-0.39, 0.29) is 12.5 Å². The van der Waals surface area contributed by atoms with Crippen molar-refractivity contribution in [2.45, 2.75) is 46.1 Å². The molecule has 1 rings (SSSR count). The van der Waals surface area contributed by atoms with E-state index in [0.717, 1.165) is 30.7 Å². The van der Waals surface area contributed by atoms with Crippen LogP contribution < -0.4 is 10.9 Å². The van der Waals surface area contributed by atoms with Crippen LogP contribution in [0.25, 0.3) is 0 Å². The molecule has 1 aromatic rings. The van der Waals surface area contributed by atoms with Crippen LogP contribution in [0.2, 0.25) is 0 Å². The molecule has 146 valence electrons. The van der Waals surface area contributed by atoms with Gasteiger partial charge in [0.2, 0.25) is 18.3 Å². The molecule has 2 amide bonds. The molecule has 0 unspecified atom stereocenters. The minimum atomic E-state index is -0.518. The molecule has 0 saturated carbocycles. The number of carbonyl (C=O) groups excluding carboxylic acids is 2. The van der Waals surface area contributed by atoms with E-state index in [4.69, 9.17) is 0 Å². The maximum absolute atomic E-state index is 12.4. The van der Waals surface area contributed by atoms with Gasteiger partial charge >= 0.3 is 0 Å². The molecule has 9 nitrogen and oxygen atoms in total. The Balaban J connectivity index is 2.70. The van der Waals surface area contributed by atoms with Gasteiger partial charge in [-0.1, -0.05) is 26.2 Å². The van der Waals surface area contributed by atoms with Gasteiger partial charge in [-0.3, -0.25) is 25.6 Å². The fourth-order valence-corrected chi connectivity index (χ4v) is 2.53. The SMILES string of the molecule is CCCCC[C@@H](CN(O)C=O)C(=O)NNc1nc(C)cc(CN(C)C)n1. The third kappa shape index (κ3) is 8.21. The van der Waals surface area contributed by atoms with E-state index in [1.54, 1.807) is 0 Å². The Hall–Kier alpha value is -2.26. The summed E-state index contributed by atoms with van der Waals surface area (Å²) in [6.07, 6.45) is 3.72. The van der Waals surface area contributed by atoms with E-state index in [2.05, 4.69) is 27.7 Å². The summed E-state index contributed by atoms with van der Waals surface area (Å²) in [5.74, 6) is -0.532. The van der Waals surface area contributed by atoms with Gasteiger partial charge in [0.25, 0.3) is 0 Å². The quantitative estimate of drug-likeness (QED) is 0.221. The van der Waals surface area contributed by atoms with E-state index in [0.29, 0.717) is 30.4 Å². The maximum Gasteiger partial charge on any atom is 0.243 e. The largest absolute Gasteiger partial charge is 0.304 e. The summed E-state index contributed by atoms with van der Waals surface area (Å²) in [6, 6.07) is 1.88. The number of unbranched alkanes of at least 4 members (excludes halogenated alkanes) is 2. The molecule has 1 aromatic heterocycles. The maximum atomic E-state index is 12.4. The summed E-state index contributed by atoms with van der Waals surface area (Å²) in [4.78, 5) is 33.7. The van der Waals surface area contributed by atoms with Crippen LogP contribution >= 0.6 is 0 Å². The van der Waals surface area contributed by atoms with Gasteiger partial charge in [0.1, 0.15) is 0 Å². The second-order valence-corrected chi connectivity index (χ2v) is 6.60. The van der Waals surface area contributed by atoms with Crippen LogP contribution in [-0.2, 0) is 16.1 Å². The molecule has 0 radical (unpaired) electrons. The predicted octanol–water partition coefficient (Wildman–Crippen LogP) is 1.33. The number of nitrogens with zero attached hydrogens (tertiary/aromatic N) is 4. The van der Waals surface area contributed by atoms with Crippen molar-refractivity contribution >= 4 is 18.3 Å². The monoisotopic (exact) mass is 366 g/mol. The molecule has 0 spiro atoms. The van der Waals surface area contributed by atoms with E-state index < -0.39 is 5.92 Å². The van der Waals surface area contributed by atoms with Gasteiger partial charge in [-0.25, -0.2) is 15.0 Å². The van der Waals surface area contributed by atoms with Crippen molar-refractivity contribution < 1.29 is 14.8 Å². The first-order valence-corrected chi connectivity index (χ1v) is 8.81. The molecule has 0 aromatic carbocycles. The number of aromatic nitrogens is 2. The Morgan fingerprint density at radius 3 is 2.69 bits per heavy atom.